The standard InChI is InChI=1S/C16H14F2N2O2/c17-13-7-3-1-5-11(13)15(21)19-9-10-20-16(22)12-6-2-4-8-14(12)18/h1-8H,9-10H2,(H,19,21)(H,20,22). The number of nitrogens with one attached hydrogen (secondary N) is 2. The fraction of sp³-hybridized carbons (Fsp3) is 0.125. The van der Waals surface area contributed by atoms with Gasteiger partial charge in [0.05, 0.1) is 11.1 Å². The van der Waals surface area contributed by atoms with Gasteiger partial charge in [0.1, 0.15) is 11.6 Å². The molecule has 0 saturated carbocycles. The summed E-state index contributed by atoms with van der Waals surface area (Å²) >= 11 is 0. The van der Waals surface area contributed by atoms with Crippen molar-refractivity contribution in [2.24, 2.45) is 0 Å². The van der Waals surface area contributed by atoms with Crippen LogP contribution >= 0.6 is 0 Å². The molecule has 2 N–H and O–H groups in total. The zero-order valence-corrected chi connectivity index (χ0v) is 11.6. The minimum atomic E-state index is -0.615. The molecule has 0 aliphatic rings. The largest absolute Gasteiger partial charge is 0.350 e. The molecule has 0 heterocycles. The smallest absolute Gasteiger partial charge is 0.254 e. The maximum atomic E-state index is 13.4. The van der Waals surface area contributed by atoms with Gasteiger partial charge in [0, 0.05) is 13.1 Å². The number of carbonyl (C=O) groups excluding carboxylic acids is 2. The van der Waals surface area contributed by atoms with Gasteiger partial charge in [-0.15, -0.1) is 0 Å². The van der Waals surface area contributed by atoms with E-state index in [4.69, 9.17) is 0 Å². The summed E-state index contributed by atoms with van der Waals surface area (Å²) in [6.07, 6.45) is 0. The average molecular weight is 304 g/mol. The van der Waals surface area contributed by atoms with Crippen LogP contribution in [-0.2, 0) is 0 Å². The molecular formula is C16H14F2N2O2. The van der Waals surface area contributed by atoms with Gasteiger partial charge in [-0.05, 0) is 24.3 Å². The summed E-state index contributed by atoms with van der Waals surface area (Å²) in [6.45, 7) is 0.209. The van der Waals surface area contributed by atoms with Gasteiger partial charge >= 0.3 is 0 Å². The second-order valence-electron chi connectivity index (χ2n) is 4.47. The second kappa shape index (κ2) is 7.31. The maximum absolute atomic E-state index is 13.4. The van der Waals surface area contributed by atoms with Crippen molar-refractivity contribution in [2.75, 3.05) is 13.1 Å². The van der Waals surface area contributed by atoms with E-state index in [1.165, 1.54) is 36.4 Å². The Hall–Kier alpha value is -2.76. The van der Waals surface area contributed by atoms with Gasteiger partial charge in [0.2, 0.25) is 0 Å². The Kier molecular flexibility index (Phi) is 5.19. The third-order valence-corrected chi connectivity index (χ3v) is 2.93. The van der Waals surface area contributed by atoms with Crippen LogP contribution in [0.15, 0.2) is 48.5 Å². The molecule has 2 rings (SSSR count). The molecule has 114 valence electrons. The van der Waals surface area contributed by atoms with E-state index in [9.17, 15) is 18.4 Å². The van der Waals surface area contributed by atoms with E-state index in [1.54, 1.807) is 12.1 Å². The van der Waals surface area contributed by atoms with E-state index >= 15 is 0 Å². The molecule has 0 unspecified atom stereocenters. The van der Waals surface area contributed by atoms with Crippen LogP contribution in [0.2, 0.25) is 0 Å². The first-order valence-electron chi connectivity index (χ1n) is 6.65. The highest BCUT2D eigenvalue weighted by Gasteiger charge is 2.11. The summed E-state index contributed by atoms with van der Waals surface area (Å²) in [4.78, 5) is 23.4. The van der Waals surface area contributed by atoms with Crippen molar-refractivity contribution in [3.63, 3.8) is 0 Å². The first-order valence-corrected chi connectivity index (χ1v) is 6.65. The van der Waals surface area contributed by atoms with Crippen molar-refractivity contribution in [1.82, 2.24) is 10.6 Å². The molecule has 2 amide bonds. The van der Waals surface area contributed by atoms with Crippen LogP contribution in [-0.4, -0.2) is 24.9 Å². The van der Waals surface area contributed by atoms with E-state index in [0.29, 0.717) is 0 Å². The van der Waals surface area contributed by atoms with Crippen LogP contribution in [0.3, 0.4) is 0 Å². The number of amides is 2. The molecule has 2 aromatic carbocycles. The SMILES string of the molecule is O=C(NCCNC(=O)c1ccccc1F)c1ccccc1F. The molecule has 0 aliphatic carbocycles. The minimum Gasteiger partial charge on any atom is -0.350 e. The lowest BCUT2D eigenvalue weighted by molar-refractivity contribution is 0.0923. The zero-order valence-electron chi connectivity index (χ0n) is 11.6. The van der Waals surface area contributed by atoms with Crippen LogP contribution in [0.4, 0.5) is 8.78 Å². The van der Waals surface area contributed by atoms with Gasteiger partial charge < -0.3 is 10.6 Å². The van der Waals surface area contributed by atoms with Crippen LogP contribution in [0.25, 0.3) is 0 Å². The molecular weight excluding hydrogens is 290 g/mol. The predicted octanol–water partition coefficient (Wildman–Crippen LogP) is 2.12. The Morgan fingerprint density at radius 2 is 1.09 bits per heavy atom. The van der Waals surface area contributed by atoms with E-state index in [-0.39, 0.29) is 24.2 Å². The highest BCUT2D eigenvalue weighted by Crippen LogP contribution is 2.06. The number of rotatable bonds is 5. The Morgan fingerprint density at radius 1 is 0.727 bits per heavy atom. The third kappa shape index (κ3) is 3.88. The fourth-order valence-electron chi connectivity index (χ4n) is 1.83. The highest BCUT2D eigenvalue weighted by atomic mass is 19.1. The number of hydrogen-bond acceptors (Lipinski definition) is 2. The monoisotopic (exact) mass is 304 g/mol. The molecule has 0 aliphatic heterocycles. The lowest BCUT2D eigenvalue weighted by atomic mass is 10.2. The molecule has 0 atom stereocenters. The van der Waals surface area contributed by atoms with Crippen molar-refractivity contribution < 1.29 is 18.4 Å². The Bertz CT molecular complexity index is 630. The van der Waals surface area contributed by atoms with E-state index < -0.39 is 23.4 Å². The van der Waals surface area contributed by atoms with Crippen LogP contribution in [0, 0.1) is 11.6 Å². The molecule has 0 aromatic heterocycles. The van der Waals surface area contributed by atoms with Crippen molar-refractivity contribution >= 4 is 11.8 Å². The van der Waals surface area contributed by atoms with E-state index in [1.807, 2.05) is 0 Å². The topological polar surface area (TPSA) is 58.2 Å². The summed E-state index contributed by atoms with van der Waals surface area (Å²) in [5, 5.41) is 4.95. The van der Waals surface area contributed by atoms with Crippen LogP contribution < -0.4 is 10.6 Å². The highest BCUT2D eigenvalue weighted by molar-refractivity contribution is 5.95. The number of carbonyl (C=O) groups is 2. The summed E-state index contributed by atoms with van der Waals surface area (Å²) in [6, 6.07) is 11.2. The van der Waals surface area contributed by atoms with Crippen LogP contribution in [0.1, 0.15) is 20.7 Å². The Balaban J connectivity index is 1.80. The lowest BCUT2D eigenvalue weighted by Gasteiger charge is -2.08. The first-order chi connectivity index (χ1) is 10.6. The first kappa shape index (κ1) is 15.6. The van der Waals surface area contributed by atoms with Crippen molar-refractivity contribution in [2.45, 2.75) is 0 Å². The molecule has 0 bridgehead atoms. The summed E-state index contributed by atoms with van der Waals surface area (Å²) < 4.78 is 26.7. The molecule has 0 radical (unpaired) electrons. The van der Waals surface area contributed by atoms with Crippen LogP contribution in [0.5, 0.6) is 0 Å². The molecule has 0 spiro atoms. The Morgan fingerprint density at radius 3 is 1.45 bits per heavy atom. The second-order valence-corrected chi connectivity index (χ2v) is 4.47. The molecule has 0 fully saturated rings. The average Bonchev–Trinajstić information content (AvgIpc) is 2.52. The van der Waals surface area contributed by atoms with Gasteiger partial charge in [0.15, 0.2) is 0 Å². The maximum Gasteiger partial charge on any atom is 0.254 e. The van der Waals surface area contributed by atoms with E-state index in [0.717, 1.165) is 0 Å². The number of halogens is 2. The molecule has 4 nitrogen and oxygen atoms in total. The van der Waals surface area contributed by atoms with E-state index in [2.05, 4.69) is 10.6 Å². The zero-order chi connectivity index (χ0) is 15.9. The third-order valence-electron chi connectivity index (χ3n) is 2.93. The van der Waals surface area contributed by atoms with Crippen molar-refractivity contribution in [3.05, 3.63) is 71.3 Å². The van der Waals surface area contributed by atoms with Gasteiger partial charge in [0.25, 0.3) is 11.8 Å². The number of benzene rings is 2. The van der Waals surface area contributed by atoms with Gasteiger partial charge in [-0.25, -0.2) is 8.78 Å². The molecule has 2 aromatic rings. The summed E-state index contributed by atoms with van der Waals surface area (Å²) in [5.41, 5.74) is -0.133. The van der Waals surface area contributed by atoms with Gasteiger partial charge in [-0.2, -0.15) is 0 Å². The quantitative estimate of drug-likeness (QED) is 0.831. The minimum absolute atomic E-state index is 0.0667. The normalized spacial score (nSPS) is 10.1. The fourth-order valence-corrected chi connectivity index (χ4v) is 1.83. The molecule has 0 saturated heterocycles. The predicted molar refractivity (Wildman–Crippen MR) is 77.5 cm³/mol. The summed E-state index contributed by atoms with van der Waals surface area (Å²) in [5.74, 6) is -2.37. The molecule has 6 heteroatoms. The van der Waals surface area contributed by atoms with Gasteiger partial charge in [-0.1, -0.05) is 24.3 Å². The van der Waals surface area contributed by atoms with Crippen molar-refractivity contribution in [1.29, 1.82) is 0 Å². The van der Waals surface area contributed by atoms with Gasteiger partial charge in [-0.3, -0.25) is 9.59 Å². The number of hydrogen-bond donors (Lipinski definition) is 2. The summed E-state index contributed by atoms with van der Waals surface area (Å²) in [7, 11) is 0. The Labute approximate surface area is 126 Å². The lowest BCUT2D eigenvalue weighted by Crippen LogP contribution is -2.35. The van der Waals surface area contributed by atoms with Crippen molar-refractivity contribution in [3.8, 4) is 0 Å². The molecule has 22 heavy (non-hydrogen) atoms.